The highest BCUT2D eigenvalue weighted by Crippen LogP contribution is 2.32. The second kappa shape index (κ2) is 11.5. The third kappa shape index (κ3) is 5.28. The summed E-state index contributed by atoms with van der Waals surface area (Å²) in [5, 5.41) is 9.09. The minimum atomic E-state index is -0.298. The Kier molecular flexibility index (Phi) is 7.05. The lowest BCUT2D eigenvalue weighted by molar-refractivity contribution is 0.248. The van der Waals surface area contributed by atoms with Crippen LogP contribution in [0.2, 0.25) is 0 Å². The first-order valence-electron chi connectivity index (χ1n) is 14.1. The summed E-state index contributed by atoms with van der Waals surface area (Å²) in [7, 11) is 0. The number of nitrogens with zero attached hydrogens (tertiary/aromatic N) is 10. The Balaban J connectivity index is 1.17. The molecule has 5 heterocycles. The summed E-state index contributed by atoms with van der Waals surface area (Å²) in [6, 6.07) is 24.1. The van der Waals surface area contributed by atoms with Gasteiger partial charge in [0.05, 0.1) is 11.3 Å². The molecule has 1 fully saturated rings. The lowest BCUT2D eigenvalue weighted by Gasteiger charge is -2.34. The van der Waals surface area contributed by atoms with Crippen LogP contribution in [0.25, 0.3) is 39.5 Å². The summed E-state index contributed by atoms with van der Waals surface area (Å²) < 4.78 is 15.6. The quantitative estimate of drug-likeness (QED) is 0.303. The van der Waals surface area contributed by atoms with Gasteiger partial charge in [-0.1, -0.05) is 12.1 Å². The van der Waals surface area contributed by atoms with E-state index in [9.17, 15) is 4.39 Å². The zero-order valence-electron chi connectivity index (χ0n) is 23.5. The number of hydrogen-bond donors (Lipinski definition) is 1. The Morgan fingerprint density at radius 1 is 0.841 bits per heavy atom. The van der Waals surface area contributed by atoms with Crippen molar-refractivity contribution < 1.29 is 4.39 Å². The van der Waals surface area contributed by atoms with Gasteiger partial charge in [0.15, 0.2) is 11.5 Å². The van der Waals surface area contributed by atoms with Gasteiger partial charge in [0.2, 0.25) is 11.8 Å². The Hall–Kier alpha value is -5.80. The maximum atomic E-state index is 13.6. The van der Waals surface area contributed by atoms with Crippen LogP contribution in [0.3, 0.4) is 0 Å². The van der Waals surface area contributed by atoms with Crippen molar-refractivity contribution >= 4 is 22.9 Å². The third-order valence-electron chi connectivity index (χ3n) is 7.64. The van der Waals surface area contributed by atoms with Gasteiger partial charge in [0.1, 0.15) is 29.5 Å². The molecule has 2 aromatic carbocycles. The van der Waals surface area contributed by atoms with Crippen LogP contribution < -0.4 is 10.6 Å². The molecular formula is C32H26FN11. The molecule has 0 saturated carbocycles. The smallest absolute Gasteiger partial charge is 0.236 e. The summed E-state index contributed by atoms with van der Waals surface area (Å²) in [6.45, 7) is 3.97. The van der Waals surface area contributed by atoms with E-state index in [1.165, 1.54) is 24.0 Å². The number of benzene rings is 2. The van der Waals surface area contributed by atoms with E-state index in [2.05, 4.69) is 54.0 Å². The van der Waals surface area contributed by atoms with Gasteiger partial charge in [-0.3, -0.25) is 9.47 Å². The third-order valence-corrected chi connectivity index (χ3v) is 7.64. The van der Waals surface area contributed by atoms with Crippen LogP contribution in [-0.4, -0.2) is 65.5 Å². The van der Waals surface area contributed by atoms with Gasteiger partial charge in [-0.25, -0.2) is 29.3 Å². The van der Waals surface area contributed by atoms with E-state index in [4.69, 9.17) is 21.0 Å². The highest BCUT2D eigenvalue weighted by atomic mass is 19.1. The molecule has 1 saturated heterocycles. The van der Waals surface area contributed by atoms with Crippen molar-refractivity contribution in [3.8, 4) is 34.4 Å². The number of hydrogen-bond acceptors (Lipinski definition) is 10. The van der Waals surface area contributed by atoms with E-state index >= 15 is 0 Å². The molecule has 1 aliphatic rings. The van der Waals surface area contributed by atoms with Crippen molar-refractivity contribution in [3.63, 3.8) is 0 Å². The number of aromatic nitrogens is 7. The molecule has 2 N–H and O–H groups in total. The van der Waals surface area contributed by atoms with Crippen LogP contribution in [-0.2, 0) is 6.54 Å². The number of nitriles is 1. The Bertz CT molecular complexity index is 1990. The summed E-state index contributed by atoms with van der Waals surface area (Å²) in [5.74, 6) is 1.37. The van der Waals surface area contributed by atoms with Crippen LogP contribution in [0.5, 0.6) is 0 Å². The molecule has 11 nitrogen and oxygen atoms in total. The molecule has 7 rings (SSSR count). The zero-order valence-corrected chi connectivity index (χ0v) is 23.5. The van der Waals surface area contributed by atoms with Gasteiger partial charge in [-0.2, -0.15) is 10.2 Å². The first-order valence-corrected chi connectivity index (χ1v) is 14.1. The molecule has 0 amide bonds. The van der Waals surface area contributed by atoms with E-state index in [0.29, 0.717) is 40.0 Å². The second-order valence-electron chi connectivity index (χ2n) is 10.4. The number of nitrogens with two attached hydrogens (primary N) is 1. The maximum absolute atomic E-state index is 13.6. The SMILES string of the molecule is N#Cc1ncnc(N2CCN(Cc3ccc(-n4c(-c5cccnc5N)nc5ccc(-c6ccc(F)cc6)nc54)cc3)CC2)n1. The van der Waals surface area contributed by atoms with Gasteiger partial charge < -0.3 is 10.6 Å². The second-order valence-corrected chi connectivity index (χ2v) is 10.4. The predicted octanol–water partition coefficient (Wildman–Crippen LogP) is 4.25. The van der Waals surface area contributed by atoms with Gasteiger partial charge in [-0.05, 0) is 66.2 Å². The normalized spacial score (nSPS) is 13.7. The number of piperazine rings is 1. The Morgan fingerprint density at radius 3 is 2.39 bits per heavy atom. The lowest BCUT2D eigenvalue weighted by atomic mass is 10.1. The fraction of sp³-hybridized carbons (Fsp3) is 0.156. The number of rotatable bonds is 6. The fourth-order valence-electron chi connectivity index (χ4n) is 5.38. The molecule has 1 aliphatic heterocycles. The van der Waals surface area contributed by atoms with E-state index in [0.717, 1.165) is 44.0 Å². The van der Waals surface area contributed by atoms with E-state index < -0.39 is 0 Å². The fourth-order valence-corrected chi connectivity index (χ4v) is 5.38. The summed E-state index contributed by atoms with van der Waals surface area (Å²) in [6.07, 6.45) is 3.03. The van der Waals surface area contributed by atoms with Crippen LogP contribution >= 0.6 is 0 Å². The van der Waals surface area contributed by atoms with E-state index in [-0.39, 0.29) is 11.6 Å². The topological polar surface area (TPSA) is 139 Å². The molecule has 0 spiro atoms. The number of fused-ring (bicyclic) bond motifs is 1. The minimum absolute atomic E-state index is 0.124. The average Bonchev–Trinajstić information content (AvgIpc) is 3.44. The molecular weight excluding hydrogens is 557 g/mol. The first-order chi connectivity index (χ1) is 21.6. The van der Waals surface area contributed by atoms with E-state index in [1.54, 1.807) is 18.3 Å². The molecule has 0 atom stereocenters. The molecule has 0 unspecified atom stereocenters. The van der Waals surface area contributed by atoms with Crippen molar-refractivity contribution in [2.24, 2.45) is 0 Å². The first kappa shape index (κ1) is 27.1. The van der Waals surface area contributed by atoms with Crippen molar-refractivity contribution in [1.29, 1.82) is 5.26 Å². The van der Waals surface area contributed by atoms with Gasteiger partial charge >= 0.3 is 0 Å². The molecule has 0 bridgehead atoms. The standard InChI is InChI=1S/C32H26FN11/c33-23-7-5-22(6-8-23)26-11-12-27-31(39-26)44(30(40-27)25-2-1-13-36-29(25)35)24-9-3-21(4-10-24)19-42-14-16-43(17-15-42)32-38-20-37-28(18-34)41-32/h1-13,20H,14-17,19H2,(H2,35,36). The Labute approximate surface area is 252 Å². The number of halogens is 1. The lowest BCUT2D eigenvalue weighted by Crippen LogP contribution is -2.46. The molecule has 44 heavy (non-hydrogen) atoms. The van der Waals surface area contributed by atoms with Crippen molar-refractivity contribution in [1.82, 2.24) is 39.4 Å². The van der Waals surface area contributed by atoms with Gasteiger partial charge in [0.25, 0.3) is 0 Å². The molecule has 6 aromatic rings. The Morgan fingerprint density at radius 2 is 1.64 bits per heavy atom. The number of imidazole rings is 1. The van der Waals surface area contributed by atoms with Gasteiger partial charge in [-0.15, -0.1) is 0 Å². The van der Waals surface area contributed by atoms with Crippen LogP contribution in [0.15, 0.2) is 85.3 Å². The predicted molar refractivity (Wildman–Crippen MR) is 164 cm³/mol. The van der Waals surface area contributed by atoms with Crippen LogP contribution in [0.1, 0.15) is 11.4 Å². The van der Waals surface area contributed by atoms with E-state index in [1.807, 2.05) is 34.9 Å². The van der Waals surface area contributed by atoms with Crippen LogP contribution in [0, 0.1) is 17.1 Å². The molecule has 0 radical (unpaired) electrons. The van der Waals surface area contributed by atoms with Crippen molar-refractivity contribution in [2.45, 2.75) is 6.54 Å². The molecule has 12 heteroatoms. The molecule has 0 aliphatic carbocycles. The molecule has 4 aromatic heterocycles. The molecule has 216 valence electrons. The van der Waals surface area contributed by atoms with Crippen molar-refractivity contribution in [3.05, 3.63) is 103 Å². The summed E-state index contributed by atoms with van der Waals surface area (Å²) in [4.78, 5) is 30.9. The number of pyridine rings is 2. The largest absolute Gasteiger partial charge is 0.383 e. The number of nitrogen functional groups attached to an aromatic ring is 1. The summed E-state index contributed by atoms with van der Waals surface area (Å²) in [5.41, 5.74) is 11.9. The van der Waals surface area contributed by atoms with Gasteiger partial charge in [0, 0.05) is 50.2 Å². The summed E-state index contributed by atoms with van der Waals surface area (Å²) >= 11 is 0. The monoisotopic (exact) mass is 583 g/mol. The zero-order chi connectivity index (χ0) is 30.0. The van der Waals surface area contributed by atoms with Crippen molar-refractivity contribution in [2.75, 3.05) is 36.8 Å². The van der Waals surface area contributed by atoms with Crippen LogP contribution in [0.4, 0.5) is 16.2 Å². The number of anilines is 2. The minimum Gasteiger partial charge on any atom is -0.383 e. The highest BCUT2D eigenvalue weighted by Gasteiger charge is 2.21. The average molecular weight is 584 g/mol. The maximum Gasteiger partial charge on any atom is 0.236 e. The highest BCUT2D eigenvalue weighted by molar-refractivity contribution is 5.84.